The zero-order chi connectivity index (χ0) is 10.1. The first kappa shape index (κ1) is 10.5. The molecule has 1 aliphatic rings. The first-order valence-corrected chi connectivity index (χ1v) is 4.79. The van der Waals surface area contributed by atoms with Crippen LogP contribution in [0.2, 0.25) is 0 Å². The number of carbonyl (C=O) groups is 1. The lowest BCUT2D eigenvalue weighted by Crippen LogP contribution is -2.35. The standard InChI is InChI=1S/C11H18O2/c1-8-4-5-11(7-12,10(3)13)6-9(8)2/h12H,4-7H2,1-3H3. The summed E-state index contributed by atoms with van der Waals surface area (Å²) in [7, 11) is 0. The van der Waals surface area contributed by atoms with Gasteiger partial charge in [-0.2, -0.15) is 0 Å². The normalized spacial score (nSPS) is 29.2. The van der Waals surface area contributed by atoms with Crippen LogP contribution in [0.15, 0.2) is 11.1 Å². The van der Waals surface area contributed by atoms with Crippen LogP contribution in [0.25, 0.3) is 0 Å². The van der Waals surface area contributed by atoms with E-state index in [0.29, 0.717) is 0 Å². The Morgan fingerprint density at radius 1 is 1.46 bits per heavy atom. The summed E-state index contributed by atoms with van der Waals surface area (Å²) in [6, 6.07) is 0. The van der Waals surface area contributed by atoms with Crippen molar-refractivity contribution < 1.29 is 9.90 Å². The van der Waals surface area contributed by atoms with Gasteiger partial charge in [0.05, 0.1) is 12.0 Å². The molecule has 2 heteroatoms. The first-order chi connectivity index (χ1) is 6.02. The van der Waals surface area contributed by atoms with E-state index in [1.165, 1.54) is 11.1 Å². The number of carbonyl (C=O) groups excluding carboxylic acids is 1. The van der Waals surface area contributed by atoms with E-state index in [1.54, 1.807) is 6.92 Å². The highest BCUT2D eigenvalue weighted by atomic mass is 16.3. The molecule has 0 aromatic carbocycles. The lowest BCUT2D eigenvalue weighted by molar-refractivity contribution is -0.129. The molecule has 0 bridgehead atoms. The smallest absolute Gasteiger partial charge is 0.138 e. The molecule has 2 nitrogen and oxygen atoms in total. The lowest BCUT2D eigenvalue weighted by Gasteiger charge is -2.34. The maximum atomic E-state index is 11.4. The summed E-state index contributed by atoms with van der Waals surface area (Å²) in [5.41, 5.74) is 2.18. The highest BCUT2D eigenvalue weighted by molar-refractivity contribution is 5.83. The second kappa shape index (κ2) is 3.62. The molecule has 0 spiro atoms. The van der Waals surface area contributed by atoms with Crippen molar-refractivity contribution in [1.29, 1.82) is 0 Å². The zero-order valence-corrected chi connectivity index (χ0v) is 8.68. The SMILES string of the molecule is CC(=O)C1(CO)CCC(C)=C(C)C1. The Bertz CT molecular complexity index is 253. The first-order valence-electron chi connectivity index (χ1n) is 4.79. The van der Waals surface area contributed by atoms with E-state index in [4.69, 9.17) is 0 Å². The predicted octanol–water partition coefficient (Wildman–Crippen LogP) is 2.07. The third-order valence-corrected chi connectivity index (χ3v) is 3.36. The Labute approximate surface area is 79.6 Å². The van der Waals surface area contributed by atoms with Crippen LogP contribution in [0.1, 0.15) is 40.0 Å². The summed E-state index contributed by atoms with van der Waals surface area (Å²) in [6.07, 6.45) is 2.50. The number of hydrogen-bond donors (Lipinski definition) is 1. The fourth-order valence-corrected chi connectivity index (χ4v) is 1.93. The number of allylic oxidation sites excluding steroid dienone is 2. The minimum absolute atomic E-state index is 0.00699. The Kier molecular flexibility index (Phi) is 2.91. The van der Waals surface area contributed by atoms with Gasteiger partial charge in [0.15, 0.2) is 0 Å². The number of aliphatic hydroxyl groups is 1. The predicted molar refractivity (Wildman–Crippen MR) is 52.4 cm³/mol. The lowest BCUT2D eigenvalue weighted by atomic mass is 9.70. The molecule has 1 atom stereocenters. The molecule has 0 radical (unpaired) electrons. The molecule has 0 saturated carbocycles. The minimum Gasteiger partial charge on any atom is -0.395 e. The van der Waals surface area contributed by atoms with Crippen LogP contribution in [0, 0.1) is 5.41 Å². The maximum Gasteiger partial charge on any atom is 0.138 e. The monoisotopic (exact) mass is 182 g/mol. The molecule has 0 fully saturated rings. The molecule has 13 heavy (non-hydrogen) atoms. The minimum atomic E-state index is -0.469. The highest BCUT2D eigenvalue weighted by Gasteiger charge is 2.37. The summed E-state index contributed by atoms with van der Waals surface area (Å²) < 4.78 is 0. The van der Waals surface area contributed by atoms with Crippen molar-refractivity contribution in [2.45, 2.75) is 40.0 Å². The maximum absolute atomic E-state index is 11.4. The fraction of sp³-hybridized carbons (Fsp3) is 0.727. The summed E-state index contributed by atoms with van der Waals surface area (Å²) in [4.78, 5) is 11.4. The van der Waals surface area contributed by atoms with Crippen molar-refractivity contribution in [3.05, 3.63) is 11.1 Å². The van der Waals surface area contributed by atoms with Crippen LogP contribution in [-0.4, -0.2) is 17.5 Å². The Morgan fingerprint density at radius 3 is 2.46 bits per heavy atom. The van der Waals surface area contributed by atoms with Crippen molar-refractivity contribution in [2.24, 2.45) is 5.41 Å². The number of ketones is 1. The topological polar surface area (TPSA) is 37.3 Å². The van der Waals surface area contributed by atoms with Gasteiger partial charge in [0.2, 0.25) is 0 Å². The van der Waals surface area contributed by atoms with Gasteiger partial charge in [-0.15, -0.1) is 0 Å². The van der Waals surface area contributed by atoms with E-state index in [-0.39, 0.29) is 12.4 Å². The van der Waals surface area contributed by atoms with Gasteiger partial charge in [-0.1, -0.05) is 11.1 Å². The second-order valence-electron chi connectivity index (χ2n) is 4.23. The molecule has 1 N–H and O–H groups in total. The second-order valence-corrected chi connectivity index (χ2v) is 4.23. The molecular weight excluding hydrogens is 164 g/mol. The summed E-state index contributed by atoms with van der Waals surface area (Å²) in [6.45, 7) is 5.75. The summed E-state index contributed by atoms with van der Waals surface area (Å²) in [5.74, 6) is 0.127. The van der Waals surface area contributed by atoms with Gasteiger partial charge in [0, 0.05) is 0 Å². The quantitative estimate of drug-likeness (QED) is 0.664. The van der Waals surface area contributed by atoms with E-state index in [1.807, 2.05) is 0 Å². The van der Waals surface area contributed by atoms with E-state index < -0.39 is 5.41 Å². The summed E-state index contributed by atoms with van der Waals surface area (Å²) in [5, 5.41) is 9.27. The highest BCUT2D eigenvalue weighted by Crippen LogP contribution is 2.39. The molecule has 74 valence electrons. The van der Waals surface area contributed by atoms with Crippen LogP contribution in [0.5, 0.6) is 0 Å². The van der Waals surface area contributed by atoms with Crippen molar-refractivity contribution in [2.75, 3.05) is 6.61 Å². The van der Waals surface area contributed by atoms with Crippen LogP contribution in [0.4, 0.5) is 0 Å². The van der Waals surface area contributed by atoms with Gasteiger partial charge in [-0.25, -0.2) is 0 Å². The van der Waals surface area contributed by atoms with Gasteiger partial charge in [0.25, 0.3) is 0 Å². The van der Waals surface area contributed by atoms with Crippen molar-refractivity contribution in [1.82, 2.24) is 0 Å². The molecular formula is C11H18O2. The molecule has 0 amide bonds. The zero-order valence-electron chi connectivity index (χ0n) is 8.68. The van der Waals surface area contributed by atoms with E-state index >= 15 is 0 Å². The Hall–Kier alpha value is -0.630. The van der Waals surface area contributed by atoms with Gasteiger partial charge in [-0.05, 0) is 40.0 Å². The van der Waals surface area contributed by atoms with Crippen molar-refractivity contribution in [3.8, 4) is 0 Å². The molecule has 0 aromatic rings. The molecule has 1 rings (SSSR count). The third-order valence-electron chi connectivity index (χ3n) is 3.36. The van der Waals surface area contributed by atoms with Crippen molar-refractivity contribution in [3.63, 3.8) is 0 Å². The van der Waals surface area contributed by atoms with Crippen LogP contribution in [0.3, 0.4) is 0 Å². The molecule has 0 saturated heterocycles. The van der Waals surface area contributed by atoms with E-state index in [0.717, 1.165) is 19.3 Å². The van der Waals surface area contributed by atoms with Crippen molar-refractivity contribution >= 4 is 5.78 Å². The average molecular weight is 182 g/mol. The van der Waals surface area contributed by atoms with Crippen LogP contribution >= 0.6 is 0 Å². The summed E-state index contributed by atoms with van der Waals surface area (Å²) >= 11 is 0. The third kappa shape index (κ3) is 1.83. The van der Waals surface area contributed by atoms with Crippen LogP contribution < -0.4 is 0 Å². The molecule has 1 aliphatic carbocycles. The fourth-order valence-electron chi connectivity index (χ4n) is 1.93. The average Bonchev–Trinajstić information content (AvgIpc) is 2.09. The van der Waals surface area contributed by atoms with Gasteiger partial charge < -0.3 is 5.11 Å². The largest absolute Gasteiger partial charge is 0.395 e. The number of rotatable bonds is 2. The number of Topliss-reactive ketones (excluding diaryl/α,β-unsaturated/α-hetero) is 1. The molecule has 0 aliphatic heterocycles. The Balaban J connectivity index is 2.90. The number of aliphatic hydroxyl groups excluding tert-OH is 1. The van der Waals surface area contributed by atoms with Gasteiger partial charge in [0.1, 0.15) is 5.78 Å². The Morgan fingerprint density at radius 2 is 2.08 bits per heavy atom. The van der Waals surface area contributed by atoms with E-state index in [2.05, 4.69) is 13.8 Å². The van der Waals surface area contributed by atoms with Crippen LogP contribution in [-0.2, 0) is 4.79 Å². The molecule has 1 unspecified atom stereocenters. The number of hydrogen-bond acceptors (Lipinski definition) is 2. The molecule has 0 heterocycles. The van der Waals surface area contributed by atoms with Gasteiger partial charge >= 0.3 is 0 Å². The van der Waals surface area contributed by atoms with E-state index in [9.17, 15) is 9.90 Å². The molecule has 0 aromatic heterocycles. The van der Waals surface area contributed by atoms with Gasteiger partial charge in [-0.3, -0.25) is 4.79 Å².